The number of rotatable bonds is 62. The number of hydrogen-bond donors (Lipinski definition) is 3. The summed E-state index contributed by atoms with van der Waals surface area (Å²) in [6.45, 7) is 4.93. The van der Waals surface area contributed by atoms with Gasteiger partial charge in [0.2, 0.25) is 5.91 Å². The van der Waals surface area contributed by atoms with Gasteiger partial charge in [-0.25, -0.2) is 0 Å². The fourth-order valence-electron chi connectivity index (χ4n) is 10.3. The Morgan fingerprint density at radius 2 is 0.689 bits per heavy atom. The van der Waals surface area contributed by atoms with E-state index in [0.717, 1.165) is 51.4 Å². The van der Waals surface area contributed by atoms with E-state index in [1.165, 1.54) is 276 Å². The highest BCUT2D eigenvalue weighted by Gasteiger charge is 2.20. The Kier molecular flexibility index (Phi) is 62.0. The monoisotopic (exact) mass is 1040 g/mol. The van der Waals surface area contributed by atoms with Gasteiger partial charge in [0.05, 0.1) is 25.4 Å². The average Bonchev–Trinajstić information content (AvgIpc) is 3.40. The quantitative estimate of drug-likeness (QED) is 0.0320. The summed E-state index contributed by atoms with van der Waals surface area (Å²) in [6.07, 6.45) is 80.3. The Bertz CT molecular complexity index is 1200. The van der Waals surface area contributed by atoms with Crippen molar-refractivity contribution in [3.8, 4) is 0 Å². The minimum absolute atomic E-state index is 0.00186. The summed E-state index contributed by atoms with van der Waals surface area (Å²) in [5, 5.41) is 23.4. The number of unbranched alkanes of at least 4 members (excludes halogenated alkanes) is 45. The molecule has 2 atom stereocenters. The third kappa shape index (κ3) is 59.3. The van der Waals surface area contributed by atoms with Crippen molar-refractivity contribution in [2.75, 3.05) is 13.2 Å². The molecule has 0 aromatic heterocycles. The lowest BCUT2D eigenvalue weighted by Gasteiger charge is -2.22. The molecule has 0 aliphatic rings. The van der Waals surface area contributed by atoms with Crippen LogP contribution in [0.4, 0.5) is 0 Å². The van der Waals surface area contributed by atoms with Gasteiger partial charge in [-0.05, 0) is 77.0 Å². The number of carbonyl (C=O) groups excluding carboxylic acids is 2. The smallest absolute Gasteiger partial charge is 0.305 e. The molecule has 436 valence electrons. The molecule has 0 saturated heterocycles. The standard InChI is InChI=1S/C68H129NO5/c1-3-5-7-9-11-13-15-16-17-18-19-25-28-31-34-37-41-44-48-52-56-60-66(71)65(64-70)69-67(72)61-57-53-49-45-42-38-35-32-29-26-23-21-20-22-24-27-30-33-36-39-43-47-51-55-59-63-74-68(73)62-58-54-50-46-40-14-12-10-8-6-4-2/h10,12,21-24,65-66,70-71H,3-9,11,13-20,25-64H2,1-2H3,(H,69,72)/b12-10-,23-21-,24-22-. The van der Waals surface area contributed by atoms with E-state index in [2.05, 4.69) is 55.6 Å². The first-order valence-corrected chi connectivity index (χ1v) is 33.2. The molecule has 0 fully saturated rings. The summed E-state index contributed by atoms with van der Waals surface area (Å²) in [6, 6.07) is -0.547. The minimum atomic E-state index is -0.670. The molecule has 0 aliphatic heterocycles. The maximum Gasteiger partial charge on any atom is 0.305 e. The second kappa shape index (κ2) is 63.6. The summed E-state index contributed by atoms with van der Waals surface area (Å²) >= 11 is 0. The van der Waals surface area contributed by atoms with Crippen LogP contribution in [0.25, 0.3) is 0 Å². The summed E-state index contributed by atoms with van der Waals surface area (Å²) in [5.41, 5.74) is 0. The molecule has 0 heterocycles. The van der Waals surface area contributed by atoms with Gasteiger partial charge >= 0.3 is 5.97 Å². The normalized spacial score (nSPS) is 12.8. The fourth-order valence-corrected chi connectivity index (χ4v) is 10.3. The Hall–Kier alpha value is -1.92. The van der Waals surface area contributed by atoms with Gasteiger partial charge in [0.15, 0.2) is 0 Å². The van der Waals surface area contributed by atoms with Crippen molar-refractivity contribution in [3.05, 3.63) is 36.5 Å². The van der Waals surface area contributed by atoms with E-state index in [4.69, 9.17) is 4.74 Å². The Labute approximate surface area is 462 Å². The van der Waals surface area contributed by atoms with E-state index in [1.807, 2.05) is 0 Å². The summed E-state index contributed by atoms with van der Waals surface area (Å²) in [5.74, 6) is -0.0397. The van der Waals surface area contributed by atoms with Crippen LogP contribution in [0.3, 0.4) is 0 Å². The van der Waals surface area contributed by atoms with Gasteiger partial charge in [-0.1, -0.05) is 307 Å². The van der Waals surface area contributed by atoms with Crippen LogP contribution in [0, 0.1) is 0 Å². The first-order valence-electron chi connectivity index (χ1n) is 33.2. The van der Waals surface area contributed by atoms with E-state index in [9.17, 15) is 19.8 Å². The molecule has 74 heavy (non-hydrogen) atoms. The Balaban J connectivity index is 3.44. The van der Waals surface area contributed by atoms with Gasteiger partial charge < -0.3 is 20.3 Å². The molecule has 6 nitrogen and oxygen atoms in total. The number of amides is 1. The van der Waals surface area contributed by atoms with Gasteiger partial charge in [-0.15, -0.1) is 0 Å². The van der Waals surface area contributed by atoms with Crippen LogP contribution in [-0.4, -0.2) is 47.4 Å². The molecular formula is C68H129NO5. The molecule has 0 aromatic carbocycles. The lowest BCUT2D eigenvalue weighted by Crippen LogP contribution is -2.45. The first kappa shape index (κ1) is 72.1. The zero-order valence-electron chi connectivity index (χ0n) is 49.8. The second-order valence-electron chi connectivity index (χ2n) is 22.8. The number of nitrogens with one attached hydrogen (secondary N) is 1. The number of carbonyl (C=O) groups is 2. The zero-order chi connectivity index (χ0) is 53.6. The molecule has 2 unspecified atom stereocenters. The molecule has 0 aliphatic carbocycles. The molecule has 3 N–H and O–H groups in total. The van der Waals surface area contributed by atoms with E-state index in [-0.39, 0.29) is 18.5 Å². The SMILES string of the molecule is CCCC/C=C\CCCCCCCC(=O)OCCCCCCCCCCC/C=C\C/C=C\CCCCCCCCCCCC(=O)NC(CO)C(O)CCCCCCCCCCCCCCCCCCCCCCC. The Morgan fingerprint density at radius 3 is 1.08 bits per heavy atom. The number of aliphatic hydroxyl groups is 2. The largest absolute Gasteiger partial charge is 0.466 e. The van der Waals surface area contributed by atoms with Crippen LogP contribution >= 0.6 is 0 Å². The molecule has 0 rings (SSSR count). The molecule has 0 bridgehead atoms. The van der Waals surface area contributed by atoms with Gasteiger partial charge in [-0.2, -0.15) is 0 Å². The van der Waals surface area contributed by atoms with Crippen LogP contribution in [0.5, 0.6) is 0 Å². The van der Waals surface area contributed by atoms with E-state index < -0.39 is 12.1 Å². The van der Waals surface area contributed by atoms with Gasteiger partial charge in [-0.3, -0.25) is 9.59 Å². The Morgan fingerprint density at radius 1 is 0.378 bits per heavy atom. The summed E-state index contributed by atoms with van der Waals surface area (Å²) < 4.78 is 5.46. The zero-order valence-corrected chi connectivity index (χ0v) is 49.8. The number of allylic oxidation sites excluding steroid dienone is 6. The van der Waals surface area contributed by atoms with Crippen molar-refractivity contribution in [2.45, 2.75) is 373 Å². The third-order valence-electron chi connectivity index (χ3n) is 15.4. The second-order valence-corrected chi connectivity index (χ2v) is 22.8. The van der Waals surface area contributed by atoms with Crippen LogP contribution < -0.4 is 5.32 Å². The third-order valence-corrected chi connectivity index (χ3v) is 15.4. The predicted molar refractivity (Wildman–Crippen MR) is 324 cm³/mol. The maximum absolute atomic E-state index is 12.5. The molecule has 0 radical (unpaired) electrons. The van der Waals surface area contributed by atoms with Crippen molar-refractivity contribution in [1.82, 2.24) is 5.32 Å². The molecule has 0 saturated carbocycles. The molecule has 6 heteroatoms. The molecule has 0 aromatic rings. The van der Waals surface area contributed by atoms with Crippen molar-refractivity contribution in [1.29, 1.82) is 0 Å². The fraction of sp³-hybridized carbons (Fsp3) is 0.882. The highest BCUT2D eigenvalue weighted by molar-refractivity contribution is 5.76. The van der Waals surface area contributed by atoms with Gasteiger partial charge in [0.1, 0.15) is 0 Å². The first-order chi connectivity index (χ1) is 36.5. The topological polar surface area (TPSA) is 95.9 Å². The lowest BCUT2D eigenvalue weighted by molar-refractivity contribution is -0.143. The number of aliphatic hydroxyl groups excluding tert-OH is 2. The van der Waals surface area contributed by atoms with E-state index in [1.54, 1.807) is 0 Å². The van der Waals surface area contributed by atoms with Crippen molar-refractivity contribution in [2.24, 2.45) is 0 Å². The predicted octanol–water partition coefficient (Wildman–Crippen LogP) is 21.1. The molecule has 0 spiro atoms. The maximum atomic E-state index is 12.5. The van der Waals surface area contributed by atoms with E-state index in [0.29, 0.717) is 25.9 Å². The van der Waals surface area contributed by atoms with Crippen LogP contribution in [0.1, 0.15) is 361 Å². The molecule has 1 amide bonds. The molecular weight excluding hydrogens is 911 g/mol. The van der Waals surface area contributed by atoms with Crippen molar-refractivity contribution >= 4 is 11.9 Å². The van der Waals surface area contributed by atoms with Crippen molar-refractivity contribution in [3.63, 3.8) is 0 Å². The van der Waals surface area contributed by atoms with Crippen molar-refractivity contribution < 1.29 is 24.5 Å². The minimum Gasteiger partial charge on any atom is -0.466 e. The van der Waals surface area contributed by atoms with Crippen LogP contribution in [0.15, 0.2) is 36.5 Å². The lowest BCUT2D eigenvalue weighted by atomic mass is 10.0. The van der Waals surface area contributed by atoms with Crippen LogP contribution in [0.2, 0.25) is 0 Å². The van der Waals surface area contributed by atoms with Crippen LogP contribution in [-0.2, 0) is 14.3 Å². The van der Waals surface area contributed by atoms with Gasteiger partial charge in [0, 0.05) is 12.8 Å². The summed E-state index contributed by atoms with van der Waals surface area (Å²) in [7, 11) is 0. The van der Waals surface area contributed by atoms with E-state index >= 15 is 0 Å². The summed E-state index contributed by atoms with van der Waals surface area (Å²) in [4.78, 5) is 24.5. The number of hydrogen-bond acceptors (Lipinski definition) is 5. The highest BCUT2D eigenvalue weighted by Crippen LogP contribution is 2.18. The number of esters is 1. The van der Waals surface area contributed by atoms with Gasteiger partial charge in [0.25, 0.3) is 0 Å². The highest BCUT2D eigenvalue weighted by atomic mass is 16.5. The average molecular weight is 1040 g/mol. The number of ether oxygens (including phenoxy) is 1.